The van der Waals surface area contributed by atoms with E-state index < -0.39 is 0 Å². The quantitative estimate of drug-likeness (QED) is 0.809. The van der Waals surface area contributed by atoms with Crippen molar-refractivity contribution in [3.63, 3.8) is 0 Å². The Morgan fingerprint density at radius 1 is 1.14 bits per heavy atom. The van der Waals surface area contributed by atoms with Gasteiger partial charge in [0.2, 0.25) is 5.88 Å². The predicted molar refractivity (Wildman–Crippen MR) is 84.4 cm³/mol. The summed E-state index contributed by atoms with van der Waals surface area (Å²) in [5.74, 6) is 0.658. The van der Waals surface area contributed by atoms with E-state index in [0.29, 0.717) is 12.5 Å². The van der Waals surface area contributed by atoms with Gasteiger partial charge in [0, 0.05) is 24.2 Å². The van der Waals surface area contributed by atoms with Crippen LogP contribution in [0.1, 0.15) is 37.6 Å². The van der Waals surface area contributed by atoms with Crippen LogP contribution in [0, 0.1) is 0 Å². The van der Waals surface area contributed by atoms with E-state index in [-0.39, 0.29) is 6.04 Å². The molecule has 0 radical (unpaired) electrons. The Kier molecular flexibility index (Phi) is 6.16. The highest BCUT2D eigenvalue weighted by atomic mass is 16.5. The van der Waals surface area contributed by atoms with Gasteiger partial charge in [-0.25, -0.2) is 9.97 Å². The van der Waals surface area contributed by atoms with Crippen LogP contribution >= 0.6 is 0 Å². The van der Waals surface area contributed by atoms with Gasteiger partial charge in [-0.15, -0.1) is 0 Å². The molecule has 1 heterocycles. The predicted octanol–water partition coefficient (Wildman–Crippen LogP) is 3.16. The van der Waals surface area contributed by atoms with Crippen molar-refractivity contribution in [2.75, 3.05) is 13.2 Å². The second kappa shape index (κ2) is 8.37. The van der Waals surface area contributed by atoms with E-state index in [1.54, 1.807) is 6.33 Å². The first-order valence-electron chi connectivity index (χ1n) is 7.55. The molecule has 4 heteroatoms. The fourth-order valence-corrected chi connectivity index (χ4v) is 2.22. The number of aromatic nitrogens is 2. The largest absolute Gasteiger partial charge is 0.478 e. The Balaban J connectivity index is 2.09. The number of nitrogens with one attached hydrogen (secondary N) is 1. The lowest BCUT2D eigenvalue weighted by Gasteiger charge is -2.18. The highest BCUT2D eigenvalue weighted by Crippen LogP contribution is 2.18. The molecule has 1 atom stereocenters. The summed E-state index contributed by atoms with van der Waals surface area (Å²) in [4.78, 5) is 8.51. The molecule has 0 spiro atoms. The van der Waals surface area contributed by atoms with Crippen molar-refractivity contribution in [1.29, 1.82) is 0 Å². The molecule has 2 aromatic rings. The standard InChI is InChI=1S/C17H23N3O/c1-3-10-21-17-12-15(19-13-20-17)11-16(18-4-2)14-8-6-5-7-9-14/h5-9,12-13,16,18H,3-4,10-11H2,1-2H3. The first-order chi connectivity index (χ1) is 10.3. The molecule has 0 saturated heterocycles. The maximum Gasteiger partial charge on any atom is 0.216 e. The summed E-state index contributed by atoms with van der Waals surface area (Å²) in [6.45, 7) is 5.81. The first-order valence-corrected chi connectivity index (χ1v) is 7.55. The molecule has 2 rings (SSSR count). The second-order valence-corrected chi connectivity index (χ2v) is 4.92. The van der Waals surface area contributed by atoms with Crippen LogP contribution in [-0.4, -0.2) is 23.1 Å². The summed E-state index contributed by atoms with van der Waals surface area (Å²) < 4.78 is 5.57. The van der Waals surface area contributed by atoms with Gasteiger partial charge in [-0.05, 0) is 18.5 Å². The van der Waals surface area contributed by atoms with Crippen LogP contribution in [0.25, 0.3) is 0 Å². The molecule has 21 heavy (non-hydrogen) atoms. The molecule has 0 aliphatic heterocycles. The van der Waals surface area contributed by atoms with Crippen molar-refractivity contribution < 1.29 is 4.74 Å². The SMILES string of the molecule is CCCOc1cc(CC(NCC)c2ccccc2)ncn1. The molecule has 1 N–H and O–H groups in total. The zero-order valence-electron chi connectivity index (χ0n) is 12.7. The number of likely N-dealkylation sites (N-methyl/N-ethyl adjacent to an activating group) is 1. The fourth-order valence-electron chi connectivity index (χ4n) is 2.22. The minimum Gasteiger partial charge on any atom is -0.478 e. The maximum absolute atomic E-state index is 5.57. The van der Waals surface area contributed by atoms with Crippen molar-refractivity contribution >= 4 is 0 Å². The monoisotopic (exact) mass is 285 g/mol. The number of ether oxygens (including phenoxy) is 1. The normalized spacial score (nSPS) is 12.1. The van der Waals surface area contributed by atoms with E-state index in [2.05, 4.69) is 53.4 Å². The van der Waals surface area contributed by atoms with Crippen LogP contribution in [0.5, 0.6) is 5.88 Å². The molecule has 1 aromatic heterocycles. The summed E-state index contributed by atoms with van der Waals surface area (Å²) in [7, 11) is 0. The highest BCUT2D eigenvalue weighted by Gasteiger charge is 2.12. The zero-order chi connectivity index (χ0) is 14.9. The van der Waals surface area contributed by atoms with Crippen LogP contribution in [-0.2, 0) is 6.42 Å². The molecule has 0 fully saturated rings. The molecule has 1 unspecified atom stereocenters. The summed E-state index contributed by atoms with van der Waals surface area (Å²) in [5, 5.41) is 3.51. The molecule has 0 amide bonds. The Hall–Kier alpha value is -1.94. The van der Waals surface area contributed by atoms with Crippen LogP contribution in [0.4, 0.5) is 0 Å². The van der Waals surface area contributed by atoms with Crippen molar-refractivity contribution in [2.24, 2.45) is 0 Å². The van der Waals surface area contributed by atoms with Gasteiger partial charge >= 0.3 is 0 Å². The van der Waals surface area contributed by atoms with Gasteiger partial charge in [0.25, 0.3) is 0 Å². The Labute approximate surface area is 126 Å². The molecule has 1 aromatic carbocycles. The summed E-state index contributed by atoms with van der Waals surface area (Å²) in [5.41, 5.74) is 2.26. The summed E-state index contributed by atoms with van der Waals surface area (Å²) >= 11 is 0. The third-order valence-corrected chi connectivity index (χ3v) is 3.22. The van der Waals surface area contributed by atoms with Gasteiger partial charge in [-0.2, -0.15) is 0 Å². The number of nitrogens with zero attached hydrogens (tertiary/aromatic N) is 2. The Bertz CT molecular complexity index is 531. The first kappa shape index (κ1) is 15.4. The number of rotatable bonds is 8. The zero-order valence-corrected chi connectivity index (χ0v) is 12.7. The van der Waals surface area contributed by atoms with Crippen molar-refractivity contribution in [3.8, 4) is 5.88 Å². The molecule has 0 aliphatic rings. The van der Waals surface area contributed by atoms with Gasteiger partial charge in [0.15, 0.2) is 0 Å². The molecule has 0 aliphatic carbocycles. The van der Waals surface area contributed by atoms with Gasteiger partial charge in [-0.1, -0.05) is 44.2 Å². The lowest BCUT2D eigenvalue weighted by atomic mass is 10.0. The topological polar surface area (TPSA) is 47.0 Å². The van der Waals surface area contributed by atoms with Gasteiger partial charge in [0.1, 0.15) is 6.33 Å². The average molecular weight is 285 g/mol. The Morgan fingerprint density at radius 3 is 2.67 bits per heavy atom. The van der Waals surface area contributed by atoms with E-state index in [4.69, 9.17) is 4.74 Å². The minimum atomic E-state index is 0.255. The van der Waals surface area contributed by atoms with Crippen molar-refractivity contribution in [1.82, 2.24) is 15.3 Å². The van der Waals surface area contributed by atoms with E-state index in [1.165, 1.54) is 5.56 Å². The average Bonchev–Trinajstić information content (AvgIpc) is 2.54. The van der Waals surface area contributed by atoms with Crippen molar-refractivity contribution in [3.05, 3.63) is 54.0 Å². The second-order valence-electron chi connectivity index (χ2n) is 4.92. The van der Waals surface area contributed by atoms with Gasteiger partial charge in [0.05, 0.1) is 6.61 Å². The third kappa shape index (κ3) is 4.83. The Morgan fingerprint density at radius 2 is 1.95 bits per heavy atom. The van der Waals surface area contributed by atoms with Crippen LogP contribution < -0.4 is 10.1 Å². The van der Waals surface area contributed by atoms with Gasteiger partial charge < -0.3 is 10.1 Å². The highest BCUT2D eigenvalue weighted by molar-refractivity contribution is 5.22. The molecular formula is C17H23N3O. The van der Waals surface area contributed by atoms with Crippen LogP contribution in [0.3, 0.4) is 0 Å². The molecule has 112 valence electrons. The van der Waals surface area contributed by atoms with E-state index in [1.807, 2.05) is 12.1 Å². The molecule has 0 bridgehead atoms. The van der Waals surface area contributed by atoms with Crippen LogP contribution in [0.2, 0.25) is 0 Å². The number of hydrogen-bond donors (Lipinski definition) is 1. The van der Waals surface area contributed by atoms with Crippen molar-refractivity contribution in [2.45, 2.75) is 32.7 Å². The summed E-state index contributed by atoms with van der Waals surface area (Å²) in [6.07, 6.45) is 3.38. The lowest BCUT2D eigenvalue weighted by molar-refractivity contribution is 0.304. The third-order valence-electron chi connectivity index (χ3n) is 3.22. The number of benzene rings is 1. The summed E-state index contributed by atoms with van der Waals surface area (Å²) in [6, 6.07) is 12.6. The maximum atomic E-state index is 5.57. The smallest absolute Gasteiger partial charge is 0.216 e. The van der Waals surface area contributed by atoms with E-state index in [9.17, 15) is 0 Å². The van der Waals surface area contributed by atoms with Crippen LogP contribution in [0.15, 0.2) is 42.7 Å². The van der Waals surface area contributed by atoms with E-state index in [0.717, 1.165) is 25.1 Å². The number of hydrogen-bond acceptors (Lipinski definition) is 4. The minimum absolute atomic E-state index is 0.255. The fraction of sp³-hybridized carbons (Fsp3) is 0.412. The lowest BCUT2D eigenvalue weighted by Crippen LogP contribution is -2.23. The molecule has 4 nitrogen and oxygen atoms in total. The molecular weight excluding hydrogens is 262 g/mol. The van der Waals surface area contributed by atoms with Gasteiger partial charge in [-0.3, -0.25) is 0 Å². The van der Waals surface area contributed by atoms with E-state index >= 15 is 0 Å². The molecule has 0 saturated carbocycles.